The van der Waals surface area contributed by atoms with Crippen molar-refractivity contribution in [1.29, 1.82) is 0 Å². The highest BCUT2D eigenvalue weighted by Gasteiger charge is 2.15. The van der Waals surface area contributed by atoms with Gasteiger partial charge in [-0.25, -0.2) is 0 Å². The molecule has 1 unspecified atom stereocenters. The predicted octanol–water partition coefficient (Wildman–Crippen LogP) is 2.12. The van der Waals surface area contributed by atoms with E-state index < -0.39 is 0 Å². The average molecular weight is 268 g/mol. The maximum atomic E-state index is 5.58. The summed E-state index contributed by atoms with van der Waals surface area (Å²) in [6.45, 7) is 8.06. The smallest absolute Gasteiger partial charge is 0.162 e. The van der Waals surface area contributed by atoms with Crippen LogP contribution in [0, 0.1) is 5.92 Å². The number of hydrogen-bond donors (Lipinski definition) is 1. The van der Waals surface area contributed by atoms with E-state index in [1.165, 1.54) is 0 Å². The normalized spacial score (nSPS) is 19.4. The highest BCUT2D eigenvalue weighted by molar-refractivity contribution is 5.04. The van der Waals surface area contributed by atoms with Gasteiger partial charge in [-0.15, -0.1) is 0 Å². The molecule has 1 saturated heterocycles. The third-order valence-corrected chi connectivity index (χ3v) is 3.04. The van der Waals surface area contributed by atoms with E-state index in [2.05, 4.69) is 24.3 Å². The van der Waals surface area contributed by atoms with Crippen molar-refractivity contribution < 1.29 is 14.0 Å². The zero-order valence-electron chi connectivity index (χ0n) is 11.9. The average Bonchev–Trinajstić information content (AvgIpc) is 3.00. The molecule has 1 aliphatic heterocycles. The van der Waals surface area contributed by atoms with Gasteiger partial charge in [0, 0.05) is 19.2 Å². The molecule has 19 heavy (non-hydrogen) atoms. The van der Waals surface area contributed by atoms with Crippen molar-refractivity contribution in [2.24, 2.45) is 5.92 Å². The number of aromatic nitrogens is 1. The van der Waals surface area contributed by atoms with Crippen LogP contribution < -0.4 is 5.32 Å². The van der Waals surface area contributed by atoms with E-state index >= 15 is 0 Å². The fourth-order valence-electron chi connectivity index (χ4n) is 2.06. The number of nitrogens with zero attached hydrogens (tertiary/aromatic N) is 1. The van der Waals surface area contributed by atoms with E-state index in [1.807, 2.05) is 6.07 Å². The second kappa shape index (κ2) is 7.62. The molecule has 0 radical (unpaired) electrons. The maximum Gasteiger partial charge on any atom is 0.162 e. The van der Waals surface area contributed by atoms with E-state index in [9.17, 15) is 0 Å². The number of rotatable bonds is 8. The molecule has 0 amide bonds. The third kappa shape index (κ3) is 5.30. The summed E-state index contributed by atoms with van der Waals surface area (Å²) in [7, 11) is 0. The molecule has 0 aromatic carbocycles. The highest BCUT2D eigenvalue weighted by atomic mass is 16.5. The molecule has 1 aromatic rings. The SMILES string of the molecule is CC(C)CNCc1cc(COCC2CCCO2)on1. The molecule has 1 aromatic heterocycles. The van der Waals surface area contributed by atoms with E-state index in [0.717, 1.165) is 44.0 Å². The molecule has 2 heterocycles. The predicted molar refractivity (Wildman–Crippen MR) is 71.7 cm³/mol. The molecule has 0 bridgehead atoms. The molecular formula is C14H24N2O3. The lowest BCUT2D eigenvalue weighted by Gasteiger charge is -2.08. The van der Waals surface area contributed by atoms with Gasteiger partial charge in [0.05, 0.1) is 18.4 Å². The van der Waals surface area contributed by atoms with Crippen molar-refractivity contribution in [3.63, 3.8) is 0 Å². The molecule has 1 aliphatic rings. The first kappa shape index (κ1) is 14.5. The van der Waals surface area contributed by atoms with Crippen LogP contribution in [0.1, 0.15) is 38.1 Å². The Labute approximate surface area is 114 Å². The van der Waals surface area contributed by atoms with E-state index in [0.29, 0.717) is 19.1 Å². The molecule has 0 saturated carbocycles. The van der Waals surface area contributed by atoms with Crippen molar-refractivity contribution in [3.05, 3.63) is 17.5 Å². The molecule has 5 nitrogen and oxygen atoms in total. The second-order valence-corrected chi connectivity index (χ2v) is 5.46. The van der Waals surface area contributed by atoms with Crippen LogP contribution in [-0.4, -0.2) is 31.0 Å². The summed E-state index contributed by atoms with van der Waals surface area (Å²) in [5.74, 6) is 1.42. The van der Waals surface area contributed by atoms with Crippen LogP contribution in [-0.2, 0) is 22.6 Å². The number of ether oxygens (including phenoxy) is 2. The summed E-state index contributed by atoms with van der Waals surface area (Å²) >= 11 is 0. The Hall–Kier alpha value is -0.910. The zero-order valence-corrected chi connectivity index (χ0v) is 11.9. The first-order valence-electron chi connectivity index (χ1n) is 7.08. The highest BCUT2D eigenvalue weighted by Crippen LogP contribution is 2.13. The molecule has 1 N–H and O–H groups in total. The largest absolute Gasteiger partial charge is 0.376 e. The van der Waals surface area contributed by atoms with Gasteiger partial charge >= 0.3 is 0 Å². The van der Waals surface area contributed by atoms with Crippen molar-refractivity contribution in [1.82, 2.24) is 10.5 Å². The summed E-state index contributed by atoms with van der Waals surface area (Å²) in [4.78, 5) is 0. The second-order valence-electron chi connectivity index (χ2n) is 5.46. The van der Waals surface area contributed by atoms with Crippen LogP contribution in [0.4, 0.5) is 0 Å². The van der Waals surface area contributed by atoms with Gasteiger partial charge in [0.25, 0.3) is 0 Å². The lowest BCUT2D eigenvalue weighted by atomic mass is 10.2. The van der Waals surface area contributed by atoms with Crippen LogP contribution >= 0.6 is 0 Å². The maximum absolute atomic E-state index is 5.58. The molecule has 2 rings (SSSR count). The van der Waals surface area contributed by atoms with Crippen molar-refractivity contribution in [2.45, 2.75) is 45.9 Å². The Bertz CT molecular complexity index is 359. The molecule has 108 valence electrons. The summed E-state index contributed by atoms with van der Waals surface area (Å²) in [6.07, 6.45) is 2.50. The topological polar surface area (TPSA) is 56.5 Å². The van der Waals surface area contributed by atoms with Crippen LogP contribution in [0.5, 0.6) is 0 Å². The van der Waals surface area contributed by atoms with Crippen molar-refractivity contribution in [2.75, 3.05) is 19.8 Å². The first-order valence-corrected chi connectivity index (χ1v) is 7.08. The summed E-state index contributed by atoms with van der Waals surface area (Å²) < 4.78 is 16.3. The minimum absolute atomic E-state index is 0.259. The summed E-state index contributed by atoms with van der Waals surface area (Å²) in [5, 5.41) is 7.35. The van der Waals surface area contributed by atoms with Gasteiger partial charge in [0.2, 0.25) is 0 Å². The van der Waals surface area contributed by atoms with Crippen LogP contribution in [0.15, 0.2) is 10.6 Å². The fourth-order valence-corrected chi connectivity index (χ4v) is 2.06. The molecular weight excluding hydrogens is 244 g/mol. The zero-order chi connectivity index (χ0) is 13.5. The number of nitrogens with one attached hydrogen (secondary N) is 1. The van der Waals surface area contributed by atoms with E-state index in [1.54, 1.807) is 0 Å². The Morgan fingerprint density at radius 2 is 2.42 bits per heavy atom. The first-order chi connectivity index (χ1) is 9.24. The molecule has 0 spiro atoms. The molecule has 1 fully saturated rings. The van der Waals surface area contributed by atoms with Gasteiger partial charge in [0.1, 0.15) is 6.61 Å². The Morgan fingerprint density at radius 3 is 3.16 bits per heavy atom. The van der Waals surface area contributed by atoms with Crippen molar-refractivity contribution >= 4 is 0 Å². The van der Waals surface area contributed by atoms with E-state index in [-0.39, 0.29) is 6.10 Å². The lowest BCUT2D eigenvalue weighted by Crippen LogP contribution is -2.19. The molecule has 1 atom stereocenters. The Morgan fingerprint density at radius 1 is 1.53 bits per heavy atom. The molecule has 0 aliphatic carbocycles. The Balaban J connectivity index is 1.62. The fraction of sp³-hybridized carbons (Fsp3) is 0.786. The standard InChI is InChI=1S/C14H24N2O3/c1-11(2)7-15-8-12-6-14(19-16-12)10-17-9-13-4-3-5-18-13/h6,11,13,15H,3-5,7-10H2,1-2H3. The lowest BCUT2D eigenvalue weighted by molar-refractivity contribution is 0.00453. The van der Waals surface area contributed by atoms with Crippen LogP contribution in [0.25, 0.3) is 0 Å². The Kier molecular flexibility index (Phi) is 5.82. The minimum atomic E-state index is 0.259. The number of hydrogen-bond acceptors (Lipinski definition) is 5. The summed E-state index contributed by atoms with van der Waals surface area (Å²) in [6, 6.07) is 1.95. The molecule has 5 heteroatoms. The van der Waals surface area contributed by atoms with Gasteiger partial charge in [-0.2, -0.15) is 0 Å². The van der Waals surface area contributed by atoms with Crippen LogP contribution in [0.3, 0.4) is 0 Å². The monoisotopic (exact) mass is 268 g/mol. The quantitative estimate of drug-likeness (QED) is 0.782. The van der Waals surface area contributed by atoms with E-state index in [4.69, 9.17) is 14.0 Å². The van der Waals surface area contributed by atoms with Gasteiger partial charge in [-0.3, -0.25) is 0 Å². The minimum Gasteiger partial charge on any atom is -0.376 e. The summed E-state index contributed by atoms with van der Waals surface area (Å²) in [5.41, 5.74) is 0.927. The van der Waals surface area contributed by atoms with Crippen molar-refractivity contribution in [3.8, 4) is 0 Å². The van der Waals surface area contributed by atoms with Gasteiger partial charge in [-0.1, -0.05) is 19.0 Å². The van der Waals surface area contributed by atoms with Gasteiger partial charge < -0.3 is 19.3 Å². The van der Waals surface area contributed by atoms with Crippen LogP contribution in [0.2, 0.25) is 0 Å². The van der Waals surface area contributed by atoms with Gasteiger partial charge in [-0.05, 0) is 25.3 Å². The third-order valence-electron chi connectivity index (χ3n) is 3.04. The van der Waals surface area contributed by atoms with Gasteiger partial charge in [0.15, 0.2) is 5.76 Å².